The molecule has 3 N–H and O–H groups in total. The Hall–Kier alpha value is -0.610. The highest BCUT2D eigenvalue weighted by atomic mass is 127. The molecule has 1 atom stereocenters. The van der Waals surface area contributed by atoms with Crippen molar-refractivity contribution in [1.82, 2.24) is 15.5 Å². The molecule has 1 aliphatic heterocycles. The van der Waals surface area contributed by atoms with Gasteiger partial charge in [0.1, 0.15) is 0 Å². The molecule has 1 aromatic rings. The minimum Gasteiger partial charge on any atom is -0.387 e. The van der Waals surface area contributed by atoms with Crippen LogP contribution in [0.25, 0.3) is 0 Å². The average molecular weight is 539 g/mol. The highest BCUT2D eigenvalue weighted by molar-refractivity contribution is 14.0. The van der Waals surface area contributed by atoms with Gasteiger partial charge in [-0.1, -0.05) is 43.6 Å². The second-order valence-electron chi connectivity index (χ2n) is 8.30. The Morgan fingerprint density at radius 3 is 2.48 bits per heavy atom. The quantitative estimate of drug-likeness (QED) is 0.270. The second-order valence-corrected chi connectivity index (χ2v) is 8.71. The monoisotopic (exact) mass is 538 g/mol. The first-order valence-electron chi connectivity index (χ1n) is 10.0. The highest BCUT2D eigenvalue weighted by Crippen LogP contribution is 2.28. The van der Waals surface area contributed by atoms with E-state index in [-0.39, 0.29) is 29.4 Å². The van der Waals surface area contributed by atoms with Crippen molar-refractivity contribution >= 4 is 41.5 Å². The number of morpholine rings is 1. The first-order chi connectivity index (χ1) is 13.2. The van der Waals surface area contributed by atoms with Crippen molar-refractivity contribution in [3.05, 3.63) is 34.9 Å². The summed E-state index contributed by atoms with van der Waals surface area (Å²) in [5.41, 5.74) is 0.0438. The molecule has 1 aromatic carbocycles. The van der Waals surface area contributed by atoms with E-state index in [9.17, 15) is 5.11 Å². The molecule has 0 aliphatic carbocycles. The molecule has 1 saturated heterocycles. The Morgan fingerprint density at radius 2 is 1.86 bits per heavy atom. The fourth-order valence-corrected chi connectivity index (χ4v) is 3.68. The predicted molar refractivity (Wildman–Crippen MR) is 132 cm³/mol. The summed E-state index contributed by atoms with van der Waals surface area (Å²) in [5, 5.41) is 18.2. The minimum absolute atomic E-state index is 0. The smallest absolute Gasteiger partial charge is 0.191 e. The zero-order valence-corrected chi connectivity index (χ0v) is 21.1. The molecular formula is C21H36ClIN4O2. The summed E-state index contributed by atoms with van der Waals surface area (Å²) in [5.74, 6) is 0.699. The van der Waals surface area contributed by atoms with E-state index < -0.39 is 5.60 Å². The van der Waals surface area contributed by atoms with Gasteiger partial charge in [-0.3, -0.25) is 9.89 Å². The molecule has 6 nitrogen and oxygen atoms in total. The molecule has 2 rings (SSSR count). The van der Waals surface area contributed by atoms with Gasteiger partial charge >= 0.3 is 0 Å². The summed E-state index contributed by atoms with van der Waals surface area (Å²) in [6.45, 7) is 13.7. The van der Waals surface area contributed by atoms with Crippen molar-refractivity contribution in [3.63, 3.8) is 0 Å². The molecule has 1 unspecified atom stereocenters. The van der Waals surface area contributed by atoms with Gasteiger partial charge in [-0.2, -0.15) is 0 Å². The first kappa shape index (κ1) is 26.4. The van der Waals surface area contributed by atoms with Gasteiger partial charge in [0.25, 0.3) is 0 Å². The lowest BCUT2D eigenvalue weighted by Crippen LogP contribution is -2.48. The number of aliphatic imine (C=N–C) groups is 1. The molecule has 0 amide bonds. The molecule has 0 radical (unpaired) electrons. The molecule has 0 spiro atoms. The molecule has 1 aliphatic rings. The Morgan fingerprint density at radius 1 is 1.21 bits per heavy atom. The van der Waals surface area contributed by atoms with Gasteiger partial charge in [0.2, 0.25) is 0 Å². The third kappa shape index (κ3) is 8.96. The minimum atomic E-state index is -0.891. The Bertz CT molecular complexity index is 649. The molecule has 0 bridgehead atoms. The summed E-state index contributed by atoms with van der Waals surface area (Å²) in [6.07, 6.45) is 0. The Kier molecular flexibility index (Phi) is 11.2. The van der Waals surface area contributed by atoms with Crippen LogP contribution in [-0.4, -0.2) is 74.0 Å². The van der Waals surface area contributed by atoms with Crippen molar-refractivity contribution in [2.75, 3.05) is 52.5 Å². The van der Waals surface area contributed by atoms with Gasteiger partial charge in [-0.05, 0) is 25.5 Å². The number of aliphatic hydroxyl groups is 1. The van der Waals surface area contributed by atoms with E-state index in [1.54, 1.807) is 0 Å². The molecule has 8 heteroatoms. The van der Waals surface area contributed by atoms with Crippen LogP contribution in [0, 0.1) is 0 Å². The van der Waals surface area contributed by atoms with Crippen molar-refractivity contribution in [2.45, 2.75) is 38.7 Å². The van der Waals surface area contributed by atoms with Gasteiger partial charge in [-0.15, -0.1) is 24.0 Å². The molecule has 0 aromatic heterocycles. The van der Waals surface area contributed by atoms with E-state index in [2.05, 4.69) is 40.4 Å². The summed E-state index contributed by atoms with van der Waals surface area (Å²) < 4.78 is 5.37. The number of nitrogens with zero attached hydrogens (tertiary/aromatic N) is 2. The number of rotatable bonds is 8. The number of benzene rings is 1. The third-order valence-electron chi connectivity index (χ3n) is 4.89. The van der Waals surface area contributed by atoms with Crippen LogP contribution in [0.1, 0.15) is 33.3 Å². The van der Waals surface area contributed by atoms with Crippen LogP contribution in [0.2, 0.25) is 5.02 Å². The number of hydrogen-bond acceptors (Lipinski definition) is 4. The third-order valence-corrected chi connectivity index (χ3v) is 5.22. The lowest BCUT2D eigenvalue weighted by Gasteiger charge is -2.33. The average Bonchev–Trinajstić information content (AvgIpc) is 2.65. The maximum atomic E-state index is 10.8. The standard InChI is InChI=1S/C21H35ClN4O2.HI/c1-5-23-19(24-14-20(2,3)17-8-6-7-9-18(17)22)25-15-21(4,27)16-26-10-12-28-13-11-26;/h6-9,27H,5,10-16H2,1-4H3,(H2,23,24,25);1H. The summed E-state index contributed by atoms with van der Waals surface area (Å²) in [7, 11) is 0. The summed E-state index contributed by atoms with van der Waals surface area (Å²) in [6, 6.07) is 7.92. The lowest BCUT2D eigenvalue weighted by molar-refractivity contribution is -0.0179. The van der Waals surface area contributed by atoms with Crippen molar-refractivity contribution < 1.29 is 9.84 Å². The number of β-amino-alcohol motifs (C(OH)–C–C–N with tert-alkyl or cyclic N) is 1. The highest BCUT2D eigenvalue weighted by Gasteiger charge is 2.26. The number of nitrogens with one attached hydrogen (secondary N) is 2. The van der Waals surface area contributed by atoms with Crippen LogP contribution >= 0.6 is 35.6 Å². The van der Waals surface area contributed by atoms with Gasteiger partial charge in [0.15, 0.2) is 5.96 Å². The topological polar surface area (TPSA) is 69.1 Å². The maximum Gasteiger partial charge on any atom is 0.191 e. The predicted octanol–water partition coefficient (Wildman–Crippen LogP) is 2.87. The molecule has 29 heavy (non-hydrogen) atoms. The first-order valence-corrected chi connectivity index (χ1v) is 10.4. The summed E-state index contributed by atoms with van der Waals surface area (Å²) in [4.78, 5) is 6.85. The van der Waals surface area contributed by atoms with Gasteiger partial charge in [0, 0.05) is 43.2 Å². The normalized spacial score (nSPS) is 17.9. The zero-order chi connectivity index (χ0) is 20.6. The van der Waals surface area contributed by atoms with Crippen LogP contribution in [0.3, 0.4) is 0 Å². The SMILES string of the molecule is CCNC(=NCC(C)(O)CN1CCOCC1)NCC(C)(C)c1ccccc1Cl.I. The number of guanidine groups is 1. The van der Waals surface area contributed by atoms with E-state index in [1.165, 1.54) is 0 Å². The molecule has 1 fully saturated rings. The Labute approximate surface area is 197 Å². The van der Waals surface area contributed by atoms with Crippen molar-refractivity contribution in [3.8, 4) is 0 Å². The number of halogens is 2. The Balaban J connectivity index is 0.00000420. The summed E-state index contributed by atoms with van der Waals surface area (Å²) >= 11 is 6.38. The fraction of sp³-hybridized carbons (Fsp3) is 0.667. The van der Waals surface area contributed by atoms with Crippen LogP contribution in [-0.2, 0) is 10.2 Å². The van der Waals surface area contributed by atoms with Crippen LogP contribution in [0.15, 0.2) is 29.3 Å². The molecule has 1 heterocycles. The van der Waals surface area contributed by atoms with Gasteiger partial charge in [-0.25, -0.2) is 0 Å². The maximum absolute atomic E-state index is 10.8. The van der Waals surface area contributed by atoms with E-state index in [0.717, 1.165) is 43.4 Å². The van der Waals surface area contributed by atoms with Crippen molar-refractivity contribution in [2.24, 2.45) is 4.99 Å². The zero-order valence-electron chi connectivity index (χ0n) is 18.0. The lowest BCUT2D eigenvalue weighted by atomic mass is 9.84. The van der Waals surface area contributed by atoms with E-state index >= 15 is 0 Å². The van der Waals surface area contributed by atoms with Gasteiger partial charge in [0.05, 0.1) is 25.4 Å². The fourth-order valence-electron chi connectivity index (χ4n) is 3.29. The molecular weight excluding hydrogens is 503 g/mol. The largest absolute Gasteiger partial charge is 0.387 e. The molecule has 0 saturated carbocycles. The number of hydrogen-bond donors (Lipinski definition) is 3. The number of ether oxygens (including phenoxy) is 1. The van der Waals surface area contributed by atoms with Crippen LogP contribution in [0.5, 0.6) is 0 Å². The second kappa shape index (κ2) is 12.3. The molecule has 166 valence electrons. The van der Waals surface area contributed by atoms with Gasteiger partial charge < -0.3 is 20.5 Å². The van der Waals surface area contributed by atoms with Crippen LogP contribution < -0.4 is 10.6 Å². The van der Waals surface area contributed by atoms with E-state index in [1.807, 2.05) is 32.0 Å². The van der Waals surface area contributed by atoms with Crippen LogP contribution in [0.4, 0.5) is 0 Å². The van der Waals surface area contributed by atoms with Crippen molar-refractivity contribution in [1.29, 1.82) is 0 Å². The van der Waals surface area contributed by atoms with E-state index in [0.29, 0.717) is 25.6 Å². The van der Waals surface area contributed by atoms with E-state index in [4.69, 9.17) is 16.3 Å².